The van der Waals surface area contributed by atoms with Crippen LogP contribution in [0.1, 0.15) is 44.1 Å². The number of imidazole rings is 1. The zero-order chi connectivity index (χ0) is 41.2. The summed E-state index contributed by atoms with van der Waals surface area (Å²) in [4.78, 5) is 58.1. The molecule has 2 saturated heterocycles. The van der Waals surface area contributed by atoms with Gasteiger partial charge in [0.05, 0.1) is 37.5 Å². The maximum Gasteiger partial charge on any atom is 0.407 e. The van der Waals surface area contributed by atoms with Crippen LogP contribution in [-0.2, 0) is 30.3 Å². The van der Waals surface area contributed by atoms with Gasteiger partial charge in [-0.1, -0.05) is 37.3 Å². The molecule has 3 aliphatic rings. The molecule has 17 heteroatoms. The predicted molar refractivity (Wildman–Crippen MR) is 206 cm³/mol. The molecule has 3 aromatic rings. The predicted octanol–water partition coefficient (Wildman–Crippen LogP) is 4.36. The van der Waals surface area contributed by atoms with Crippen LogP contribution in [0, 0.1) is 23.0 Å². The van der Waals surface area contributed by atoms with Gasteiger partial charge in [-0.05, 0) is 48.9 Å². The van der Waals surface area contributed by atoms with Crippen molar-refractivity contribution >= 4 is 23.9 Å². The van der Waals surface area contributed by atoms with E-state index in [4.69, 9.17) is 19.2 Å². The highest BCUT2D eigenvalue weighted by atomic mass is 19.1. The highest BCUT2D eigenvalue weighted by Gasteiger charge is 2.46. The largest absolute Gasteiger partial charge is 0.447 e. The molecule has 0 spiro atoms. The van der Waals surface area contributed by atoms with Crippen LogP contribution in [0.15, 0.2) is 66.9 Å². The highest BCUT2D eigenvalue weighted by molar-refractivity contribution is 6.12. The van der Waals surface area contributed by atoms with Crippen LogP contribution in [0.3, 0.4) is 0 Å². The van der Waals surface area contributed by atoms with Crippen molar-refractivity contribution in [2.24, 2.45) is 11.3 Å². The number of halogens is 3. The Morgan fingerprint density at radius 3 is 2.52 bits per heavy atom. The number of nitrogens with zero attached hydrogens (tertiary/aromatic N) is 4. The van der Waals surface area contributed by atoms with Gasteiger partial charge in [0.25, 0.3) is 11.8 Å². The lowest BCUT2D eigenvalue weighted by Gasteiger charge is -2.46. The summed E-state index contributed by atoms with van der Waals surface area (Å²) >= 11 is 0. The standard InChI is InChI=1S/C41H50F3N7O7/c1-27(26-58-40(55)46-14-18-57-19-15-50-35(52)10-11-36(50)53)47-39(54)51(24-29-21-45-22-33(29)44)37(41(2)12-16-56-17-13-41)38-48-34(31-20-30(42)8-9-32(31)43)25-49(38)23-28-6-4-3-5-7-28/h3-11,20,25,27,29,33,37,45H,12-19,21-24,26H2,1-2H3,(H,46,55)(H,47,54). The number of rotatable bonds is 17. The molecule has 0 saturated carbocycles. The van der Waals surface area contributed by atoms with Gasteiger partial charge in [0.15, 0.2) is 0 Å². The molecule has 4 atom stereocenters. The van der Waals surface area contributed by atoms with E-state index in [-0.39, 0.29) is 57.3 Å². The zero-order valence-corrected chi connectivity index (χ0v) is 32.6. The topological polar surface area (TPSA) is 156 Å². The zero-order valence-electron chi connectivity index (χ0n) is 32.6. The van der Waals surface area contributed by atoms with Crippen molar-refractivity contribution < 1.29 is 46.6 Å². The third-order valence-corrected chi connectivity index (χ3v) is 10.7. The maximum absolute atomic E-state index is 15.4. The summed E-state index contributed by atoms with van der Waals surface area (Å²) in [5, 5.41) is 8.58. The number of aromatic nitrogens is 2. The smallest absolute Gasteiger partial charge is 0.407 e. The summed E-state index contributed by atoms with van der Waals surface area (Å²) in [5.41, 5.74) is 0.406. The molecule has 312 valence electrons. The number of hydrogen-bond acceptors (Lipinski definition) is 9. The van der Waals surface area contributed by atoms with E-state index in [0.717, 1.165) is 28.7 Å². The number of benzene rings is 2. The first-order chi connectivity index (χ1) is 27.9. The summed E-state index contributed by atoms with van der Waals surface area (Å²) in [6, 6.07) is 10.7. The van der Waals surface area contributed by atoms with Gasteiger partial charge in [-0.15, -0.1) is 0 Å². The Morgan fingerprint density at radius 1 is 1.07 bits per heavy atom. The Labute approximate surface area is 335 Å². The molecular formula is C41H50F3N7O7. The normalized spacial score (nSPS) is 19.9. The van der Waals surface area contributed by atoms with E-state index in [0.29, 0.717) is 45.0 Å². The number of nitrogens with one attached hydrogen (secondary N) is 3. The lowest BCUT2D eigenvalue weighted by Crippen LogP contribution is -2.54. The molecule has 2 fully saturated rings. The molecule has 4 heterocycles. The lowest BCUT2D eigenvalue weighted by atomic mass is 9.74. The third kappa shape index (κ3) is 10.6. The third-order valence-electron chi connectivity index (χ3n) is 10.7. The summed E-state index contributed by atoms with van der Waals surface area (Å²) in [6.45, 7) is 5.48. The fraction of sp³-hybridized carbons (Fsp3) is 0.488. The van der Waals surface area contributed by atoms with Crippen LogP contribution in [0.2, 0.25) is 0 Å². The van der Waals surface area contributed by atoms with Crippen molar-refractivity contribution in [1.82, 2.24) is 35.3 Å². The Hall–Kier alpha value is -5.26. The minimum Gasteiger partial charge on any atom is -0.447 e. The molecule has 3 aliphatic heterocycles. The van der Waals surface area contributed by atoms with Crippen LogP contribution >= 0.6 is 0 Å². The summed E-state index contributed by atoms with van der Waals surface area (Å²) in [5.74, 6) is -2.23. The molecule has 0 radical (unpaired) electrons. The van der Waals surface area contributed by atoms with Crippen molar-refractivity contribution in [2.45, 2.75) is 51.5 Å². The highest BCUT2D eigenvalue weighted by Crippen LogP contribution is 2.47. The Balaban J connectivity index is 1.21. The second-order valence-corrected chi connectivity index (χ2v) is 15.1. The van der Waals surface area contributed by atoms with E-state index >= 15 is 8.78 Å². The number of urea groups is 1. The van der Waals surface area contributed by atoms with E-state index in [2.05, 4.69) is 16.0 Å². The van der Waals surface area contributed by atoms with Crippen molar-refractivity contribution in [3.8, 4) is 11.3 Å². The van der Waals surface area contributed by atoms with Crippen LogP contribution in [0.25, 0.3) is 11.3 Å². The molecule has 0 aliphatic carbocycles. The second-order valence-electron chi connectivity index (χ2n) is 15.1. The molecule has 3 N–H and O–H groups in total. The molecule has 58 heavy (non-hydrogen) atoms. The summed E-state index contributed by atoms with van der Waals surface area (Å²) in [6.07, 6.45) is 3.12. The van der Waals surface area contributed by atoms with Crippen LogP contribution in [0.4, 0.5) is 22.8 Å². The van der Waals surface area contributed by atoms with Crippen molar-refractivity contribution in [1.29, 1.82) is 0 Å². The molecule has 5 amide bonds. The van der Waals surface area contributed by atoms with Crippen LogP contribution < -0.4 is 16.0 Å². The first kappa shape index (κ1) is 42.3. The molecule has 6 rings (SSSR count). The van der Waals surface area contributed by atoms with Crippen molar-refractivity contribution in [3.05, 3.63) is 89.9 Å². The van der Waals surface area contributed by atoms with Crippen molar-refractivity contribution in [2.75, 3.05) is 65.8 Å². The van der Waals surface area contributed by atoms with E-state index in [1.54, 1.807) is 18.0 Å². The number of hydrogen-bond donors (Lipinski definition) is 3. The number of ether oxygens (including phenoxy) is 3. The average Bonchev–Trinajstić information content (AvgIpc) is 3.90. The molecule has 14 nitrogen and oxygen atoms in total. The van der Waals surface area contributed by atoms with Gasteiger partial charge in [0, 0.05) is 75.8 Å². The van der Waals surface area contributed by atoms with Gasteiger partial charge in [-0.2, -0.15) is 0 Å². The monoisotopic (exact) mass is 809 g/mol. The number of carbonyl (C=O) groups excluding carboxylic acids is 4. The first-order valence-electron chi connectivity index (χ1n) is 19.5. The van der Waals surface area contributed by atoms with Crippen molar-refractivity contribution in [3.63, 3.8) is 0 Å². The van der Waals surface area contributed by atoms with Crippen LogP contribution in [0.5, 0.6) is 0 Å². The molecule has 2 aromatic carbocycles. The fourth-order valence-corrected chi connectivity index (χ4v) is 7.48. The average molecular weight is 810 g/mol. The quantitative estimate of drug-likeness (QED) is 0.133. The number of alkyl halides is 1. The second kappa shape index (κ2) is 19.5. The van der Waals surface area contributed by atoms with Gasteiger partial charge < -0.3 is 39.6 Å². The van der Waals surface area contributed by atoms with E-state index < -0.39 is 65.2 Å². The number of alkyl carbamates (subject to hydrolysis) is 1. The van der Waals surface area contributed by atoms with Gasteiger partial charge in [-0.25, -0.2) is 27.7 Å². The molecule has 4 unspecified atom stereocenters. The van der Waals surface area contributed by atoms with Gasteiger partial charge in [0.2, 0.25) is 0 Å². The number of imide groups is 1. The van der Waals surface area contributed by atoms with Gasteiger partial charge >= 0.3 is 12.1 Å². The van der Waals surface area contributed by atoms with Gasteiger partial charge in [-0.3, -0.25) is 14.5 Å². The molecule has 1 aromatic heterocycles. The SMILES string of the molecule is CC(COC(=O)NCCOCCN1C(=O)C=CC1=O)NC(=O)N(CC1CNCC1F)C(c1nc(-c2cc(F)ccc2F)cn1Cc1ccccc1)C1(C)CCOCC1. The Kier molecular flexibility index (Phi) is 14.2. The Morgan fingerprint density at radius 2 is 1.81 bits per heavy atom. The van der Waals surface area contributed by atoms with E-state index in [1.807, 2.05) is 41.8 Å². The molecule has 0 bridgehead atoms. The number of carbonyl (C=O) groups is 4. The van der Waals surface area contributed by atoms with E-state index in [1.165, 1.54) is 12.2 Å². The van der Waals surface area contributed by atoms with Crippen LogP contribution in [-0.4, -0.2) is 121 Å². The summed E-state index contributed by atoms with van der Waals surface area (Å²) in [7, 11) is 0. The first-order valence-corrected chi connectivity index (χ1v) is 19.5. The fourth-order valence-electron chi connectivity index (χ4n) is 7.48. The minimum atomic E-state index is -1.23. The number of amides is 5. The molecular weight excluding hydrogens is 759 g/mol. The van der Waals surface area contributed by atoms with E-state index in [9.17, 15) is 23.6 Å². The van der Waals surface area contributed by atoms with Gasteiger partial charge in [0.1, 0.15) is 30.2 Å². The lowest BCUT2D eigenvalue weighted by molar-refractivity contribution is -0.137. The summed E-state index contributed by atoms with van der Waals surface area (Å²) < 4.78 is 63.6. The Bertz CT molecular complexity index is 1920. The maximum atomic E-state index is 15.4. The minimum absolute atomic E-state index is 0.00757.